The molecule has 0 saturated carbocycles. The molecule has 1 radical (unpaired) electrons. The van der Waals surface area contributed by atoms with Crippen molar-refractivity contribution in [1.82, 2.24) is 0 Å². The van der Waals surface area contributed by atoms with Crippen LogP contribution in [0.15, 0.2) is 18.2 Å². The number of rotatable bonds is 2. The van der Waals surface area contributed by atoms with Crippen molar-refractivity contribution in [2.75, 3.05) is 5.32 Å². The molecule has 0 atom stereocenters. The van der Waals surface area contributed by atoms with E-state index in [1.165, 1.54) is 18.5 Å². The van der Waals surface area contributed by atoms with Crippen LogP contribution in [0.3, 0.4) is 0 Å². The molecular weight excluding hydrogens is 145 g/mol. The molecule has 0 aliphatic carbocycles. The molecule has 0 unspecified atom stereocenters. The Hall–Kier alpha value is -1.38. The quantitative estimate of drug-likeness (QED) is 0.641. The smallest absolute Gasteiger partial charge is 0.314 e. The molecule has 0 bridgehead atoms. The average Bonchev–Trinajstić information content (AvgIpc) is 1.98. The molecule has 3 heteroatoms. The summed E-state index contributed by atoms with van der Waals surface area (Å²) in [7, 11) is 0. The van der Waals surface area contributed by atoms with E-state index in [-0.39, 0.29) is 5.82 Å². The monoisotopic (exact) mass is 152 g/mol. The van der Waals surface area contributed by atoms with Crippen molar-refractivity contribution in [2.45, 2.75) is 6.92 Å². The van der Waals surface area contributed by atoms with E-state index in [2.05, 4.69) is 5.32 Å². The van der Waals surface area contributed by atoms with Crippen molar-refractivity contribution in [3.05, 3.63) is 29.6 Å². The van der Waals surface area contributed by atoms with Gasteiger partial charge in [0, 0.05) is 5.69 Å². The van der Waals surface area contributed by atoms with E-state index in [1.54, 1.807) is 13.0 Å². The van der Waals surface area contributed by atoms with Crippen molar-refractivity contribution in [2.24, 2.45) is 0 Å². The molecule has 0 saturated heterocycles. The lowest BCUT2D eigenvalue weighted by atomic mass is 10.2. The van der Waals surface area contributed by atoms with Crippen LogP contribution in [0.2, 0.25) is 0 Å². The normalized spacial score (nSPS) is 9.27. The zero-order valence-corrected chi connectivity index (χ0v) is 6.02. The number of halogens is 1. The molecule has 0 aliphatic heterocycles. The Morgan fingerprint density at radius 2 is 2.27 bits per heavy atom. The summed E-state index contributed by atoms with van der Waals surface area (Å²) in [6.07, 6.45) is 1.49. The second-order valence-electron chi connectivity index (χ2n) is 2.19. The predicted molar refractivity (Wildman–Crippen MR) is 40.5 cm³/mol. The van der Waals surface area contributed by atoms with E-state index in [0.29, 0.717) is 5.69 Å². The molecule has 1 amide bonds. The number of aryl methyl sites for hydroxylation is 1. The van der Waals surface area contributed by atoms with E-state index in [0.717, 1.165) is 5.56 Å². The Bertz CT molecular complexity index is 273. The molecule has 57 valence electrons. The van der Waals surface area contributed by atoms with E-state index in [1.807, 2.05) is 0 Å². The second kappa shape index (κ2) is 3.14. The highest BCUT2D eigenvalue weighted by atomic mass is 19.1. The van der Waals surface area contributed by atoms with Gasteiger partial charge in [-0.2, -0.15) is 0 Å². The number of hydrogen-bond acceptors (Lipinski definition) is 1. The number of hydrogen-bond donors (Lipinski definition) is 1. The Morgan fingerprint density at radius 1 is 1.55 bits per heavy atom. The highest BCUT2D eigenvalue weighted by molar-refractivity contribution is 5.73. The van der Waals surface area contributed by atoms with E-state index in [9.17, 15) is 9.18 Å². The van der Waals surface area contributed by atoms with Crippen molar-refractivity contribution in [3.63, 3.8) is 0 Å². The van der Waals surface area contributed by atoms with Gasteiger partial charge in [0.05, 0.1) is 0 Å². The van der Waals surface area contributed by atoms with Gasteiger partial charge in [-0.3, -0.25) is 4.79 Å². The van der Waals surface area contributed by atoms with Crippen LogP contribution in [-0.4, -0.2) is 6.41 Å². The average molecular weight is 152 g/mol. The number of anilines is 1. The van der Waals surface area contributed by atoms with Gasteiger partial charge in [0.1, 0.15) is 5.82 Å². The molecule has 11 heavy (non-hydrogen) atoms. The fraction of sp³-hybridized carbons (Fsp3) is 0.125. The number of amides is 1. The third kappa shape index (κ3) is 1.77. The molecular formula is C8H7FNO. The van der Waals surface area contributed by atoms with Gasteiger partial charge in [-0.25, -0.2) is 4.39 Å². The SMILES string of the molecule is Cc1ccc(F)cc1N[C]=O. The lowest BCUT2D eigenvalue weighted by Gasteiger charge is -2.01. The summed E-state index contributed by atoms with van der Waals surface area (Å²) in [6, 6.07) is 4.18. The minimum atomic E-state index is -0.367. The van der Waals surface area contributed by atoms with Gasteiger partial charge in [-0.05, 0) is 24.6 Å². The second-order valence-corrected chi connectivity index (χ2v) is 2.19. The van der Waals surface area contributed by atoms with Gasteiger partial charge in [0.2, 0.25) is 0 Å². The maximum absolute atomic E-state index is 12.5. The highest BCUT2D eigenvalue weighted by Gasteiger charge is 1.97. The van der Waals surface area contributed by atoms with Gasteiger partial charge in [-0.15, -0.1) is 0 Å². The maximum Gasteiger partial charge on any atom is 0.314 e. The minimum Gasteiger partial charge on any atom is -0.317 e. The molecule has 1 N–H and O–H groups in total. The summed E-state index contributed by atoms with van der Waals surface area (Å²) in [5, 5.41) is 2.27. The predicted octanol–water partition coefficient (Wildman–Crippen LogP) is 1.61. The summed E-state index contributed by atoms with van der Waals surface area (Å²) in [5.74, 6) is -0.367. The topological polar surface area (TPSA) is 29.1 Å². The van der Waals surface area contributed by atoms with Crippen LogP contribution in [0.1, 0.15) is 5.56 Å². The van der Waals surface area contributed by atoms with Gasteiger partial charge >= 0.3 is 6.41 Å². The van der Waals surface area contributed by atoms with E-state index < -0.39 is 0 Å². The van der Waals surface area contributed by atoms with Crippen LogP contribution >= 0.6 is 0 Å². The molecule has 1 aromatic carbocycles. The van der Waals surface area contributed by atoms with Gasteiger partial charge in [-0.1, -0.05) is 6.07 Å². The van der Waals surface area contributed by atoms with Crippen LogP contribution < -0.4 is 5.32 Å². The Balaban J connectivity index is 3.01. The molecule has 0 fully saturated rings. The molecule has 1 aromatic rings. The van der Waals surface area contributed by atoms with E-state index in [4.69, 9.17) is 0 Å². The largest absolute Gasteiger partial charge is 0.317 e. The lowest BCUT2D eigenvalue weighted by Crippen LogP contribution is -1.96. The Labute approximate surface area is 64.0 Å². The van der Waals surface area contributed by atoms with Crippen molar-refractivity contribution < 1.29 is 9.18 Å². The van der Waals surface area contributed by atoms with Gasteiger partial charge in [0.25, 0.3) is 0 Å². The molecule has 1 rings (SSSR count). The van der Waals surface area contributed by atoms with Gasteiger partial charge in [0.15, 0.2) is 0 Å². The first-order chi connectivity index (χ1) is 5.24. The number of nitrogens with one attached hydrogen (secondary N) is 1. The third-order valence-electron chi connectivity index (χ3n) is 1.39. The van der Waals surface area contributed by atoms with Crippen LogP contribution in [-0.2, 0) is 4.79 Å². The summed E-state index contributed by atoms with van der Waals surface area (Å²) in [6.45, 7) is 1.78. The summed E-state index contributed by atoms with van der Waals surface area (Å²) in [4.78, 5) is 9.88. The standard InChI is InChI=1S/C8H7FNO/c1-6-2-3-7(9)4-8(6)10-5-11/h2-4H,1H3,(H,10,11). The molecule has 0 spiro atoms. The van der Waals surface area contributed by atoms with Crippen molar-refractivity contribution in [3.8, 4) is 0 Å². The van der Waals surface area contributed by atoms with Crippen LogP contribution in [0.4, 0.5) is 10.1 Å². The van der Waals surface area contributed by atoms with E-state index >= 15 is 0 Å². The third-order valence-corrected chi connectivity index (χ3v) is 1.39. The maximum atomic E-state index is 12.5. The number of carbonyl (C=O) groups excluding carboxylic acids is 1. The molecule has 0 aliphatic rings. The summed E-state index contributed by atoms with van der Waals surface area (Å²) in [5.41, 5.74) is 1.27. The van der Waals surface area contributed by atoms with Crippen molar-refractivity contribution >= 4 is 12.1 Å². The van der Waals surface area contributed by atoms with Crippen LogP contribution in [0.5, 0.6) is 0 Å². The van der Waals surface area contributed by atoms with Crippen molar-refractivity contribution in [1.29, 1.82) is 0 Å². The number of benzene rings is 1. The first kappa shape index (κ1) is 7.72. The minimum absolute atomic E-state index is 0.367. The first-order valence-electron chi connectivity index (χ1n) is 3.13. The van der Waals surface area contributed by atoms with Gasteiger partial charge < -0.3 is 5.32 Å². The first-order valence-corrected chi connectivity index (χ1v) is 3.13. The van der Waals surface area contributed by atoms with Crippen LogP contribution in [0.25, 0.3) is 0 Å². The molecule has 0 heterocycles. The molecule has 2 nitrogen and oxygen atoms in total. The fourth-order valence-corrected chi connectivity index (χ4v) is 0.784. The zero-order chi connectivity index (χ0) is 8.27. The summed E-state index contributed by atoms with van der Waals surface area (Å²) < 4.78 is 12.5. The lowest BCUT2D eigenvalue weighted by molar-refractivity contribution is 0.561. The Morgan fingerprint density at radius 3 is 2.91 bits per heavy atom. The highest BCUT2D eigenvalue weighted by Crippen LogP contribution is 2.14. The Kier molecular flexibility index (Phi) is 2.21. The zero-order valence-electron chi connectivity index (χ0n) is 6.02. The fourth-order valence-electron chi connectivity index (χ4n) is 0.784. The van der Waals surface area contributed by atoms with Crippen LogP contribution in [0, 0.1) is 12.7 Å². The summed E-state index contributed by atoms with van der Waals surface area (Å²) >= 11 is 0. The molecule has 0 aromatic heterocycles.